The molecule has 5 heteroatoms. The van der Waals surface area contributed by atoms with Crippen molar-refractivity contribution in [2.45, 2.75) is 40.2 Å². The lowest BCUT2D eigenvalue weighted by Gasteiger charge is -2.14. The second kappa shape index (κ2) is 6.91. The van der Waals surface area contributed by atoms with Crippen molar-refractivity contribution < 1.29 is 4.74 Å². The maximum Gasteiger partial charge on any atom is 0.159 e. The zero-order chi connectivity index (χ0) is 12.8. The fourth-order valence-corrected chi connectivity index (χ4v) is 1.77. The zero-order valence-corrected chi connectivity index (χ0v) is 12.5. The summed E-state index contributed by atoms with van der Waals surface area (Å²) in [4.78, 5) is 8.93. The van der Waals surface area contributed by atoms with Gasteiger partial charge >= 0.3 is 0 Å². The average molecular weight is 302 g/mol. The van der Waals surface area contributed by atoms with Crippen LogP contribution < -0.4 is 5.32 Å². The van der Waals surface area contributed by atoms with E-state index in [-0.39, 0.29) is 6.10 Å². The van der Waals surface area contributed by atoms with Crippen LogP contribution in [0.4, 0.5) is 5.82 Å². The van der Waals surface area contributed by atoms with Crippen LogP contribution in [0.25, 0.3) is 0 Å². The molecule has 1 atom stereocenters. The number of rotatable bonds is 6. The van der Waals surface area contributed by atoms with Gasteiger partial charge in [0, 0.05) is 13.2 Å². The largest absolute Gasteiger partial charge is 0.371 e. The third-order valence-corrected chi connectivity index (χ3v) is 3.31. The minimum Gasteiger partial charge on any atom is -0.371 e. The molecule has 1 aromatic heterocycles. The summed E-state index contributed by atoms with van der Waals surface area (Å²) in [5.41, 5.74) is 0.931. The van der Waals surface area contributed by atoms with Crippen LogP contribution >= 0.6 is 15.9 Å². The summed E-state index contributed by atoms with van der Waals surface area (Å²) >= 11 is 3.50. The fourth-order valence-electron chi connectivity index (χ4n) is 1.45. The number of anilines is 1. The molecule has 0 bridgehead atoms. The van der Waals surface area contributed by atoms with Gasteiger partial charge in [0.2, 0.25) is 0 Å². The van der Waals surface area contributed by atoms with Gasteiger partial charge in [0.1, 0.15) is 11.9 Å². The van der Waals surface area contributed by atoms with E-state index < -0.39 is 0 Å². The second-order valence-corrected chi connectivity index (χ2v) is 4.65. The standard InChI is InChI=1S/C12H20BrN3O/c1-5-7-14-12-10(13)8(3)15-11(16-12)9(4)17-6-2/h9H,5-7H2,1-4H3,(H,14,15,16). The number of hydrogen-bond donors (Lipinski definition) is 1. The molecule has 1 unspecified atom stereocenters. The van der Waals surface area contributed by atoms with Crippen LogP contribution in [0.15, 0.2) is 4.47 Å². The van der Waals surface area contributed by atoms with E-state index >= 15 is 0 Å². The molecular formula is C12H20BrN3O. The lowest BCUT2D eigenvalue weighted by molar-refractivity contribution is 0.0700. The van der Waals surface area contributed by atoms with Crippen molar-refractivity contribution in [2.75, 3.05) is 18.5 Å². The van der Waals surface area contributed by atoms with E-state index in [1.54, 1.807) is 0 Å². The number of aryl methyl sites for hydroxylation is 1. The number of aromatic nitrogens is 2. The van der Waals surface area contributed by atoms with Gasteiger partial charge in [-0.2, -0.15) is 0 Å². The molecule has 1 heterocycles. The monoisotopic (exact) mass is 301 g/mol. The van der Waals surface area contributed by atoms with Crippen LogP contribution in [0.1, 0.15) is 44.8 Å². The molecule has 0 aliphatic heterocycles. The molecule has 0 aromatic carbocycles. The first-order valence-corrected chi connectivity index (χ1v) is 6.78. The molecule has 4 nitrogen and oxygen atoms in total. The van der Waals surface area contributed by atoms with E-state index in [4.69, 9.17) is 4.74 Å². The number of nitrogens with zero attached hydrogens (tertiary/aromatic N) is 2. The quantitative estimate of drug-likeness (QED) is 0.874. The van der Waals surface area contributed by atoms with Crippen molar-refractivity contribution >= 4 is 21.7 Å². The Kier molecular flexibility index (Phi) is 5.85. The van der Waals surface area contributed by atoms with E-state index in [0.29, 0.717) is 6.61 Å². The van der Waals surface area contributed by atoms with Gasteiger partial charge in [-0.05, 0) is 43.1 Å². The Morgan fingerprint density at radius 2 is 2.06 bits per heavy atom. The van der Waals surface area contributed by atoms with Gasteiger partial charge in [-0.25, -0.2) is 9.97 Å². The molecule has 0 aliphatic rings. The highest BCUT2D eigenvalue weighted by atomic mass is 79.9. The maximum atomic E-state index is 5.51. The number of nitrogens with one attached hydrogen (secondary N) is 1. The molecule has 0 spiro atoms. The van der Waals surface area contributed by atoms with Crippen LogP contribution in [0.2, 0.25) is 0 Å². The van der Waals surface area contributed by atoms with Crippen LogP contribution in [0, 0.1) is 6.92 Å². The topological polar surface area (TPSA) is 47.0 Å². The van der Waals surface area contributed by atoms with E-state index in [9.17, 15) is 0 Å². The lowest BCUT2D eigenvalue weighted by Crippen LogP contribution is -2.11. The van der Waals surface area contributed by atoms with Crippen LogP contribution in [0.5, 0.6) is 0 Å². The average Bonchev–Trinajstić information content (AvgIpc) is 2.31. The van der Waals surface area contributed by atoms with Gasteiger partial charge in [-0.3, -0.25) is 0 Å². The Morgan fingerprint density at radius 3 is 2.65 bits per heavy atom. The van der Waals surface area contributed by atoms with E-state index in [1.165, 1.54) is 0 Å². The molecular weight excluding hydrogens is 282 g/mol. The first-order valence-electron chi connectivity index (χ1n) is 5.99. The second-order valence-electron chi connectivity index (χ2n) is 3.85. The minimum atomic E-state index is -0.0750. The van der Waals surface area contributed by atoms with E-state index in [1.807, 2.05) is 20.8 Å². The Hall–Kier alpha value is -0.680. The molecule has 1 N–H and O–H groups in total. The Bertz CT molecular complexity index is 371. The molecule has 96 valence electrons. The summed E-state index contributed by atoms with van der Waals surface area (Å²) in [6.45, 7) is 9.59. The summed E-state index contributed by atoms with van der Waals surface area (Å²) in [6, 6.07) is 0. The van der Waals surface area contributed by atoms with Gasteiger partial charge in [-0.15, -0.1) is 0 Å². The van der Waals surface area contributed by atoms with Crippen LogP contribution in [0.3, 0.4) is 0 Å². The number of ether oxygens (including phenoxy) is 1. The highest BCUT2D eigenvalue weighted by molar-refractivity contribution is 9.10. The normalized spacial score (nSPS) is 12.5. The van der Waals surface area contributed by atoms with Crippen molar-refractivity contribution in [2.24, 2.45) is 0 Å². The highest BCUT2D eigenvalue weighted by Crippen LogP contribution is 2.25. The fraction of sp³-hybridized carbons (Fsp3) is 0.667. The predicted molar refractivity (Wildman–Crippen MR) is 73.3 cm³/mol. The molecule has 0 saturated heterocycles. The molecule has 1 rings (SSSR count). The molecule has 0 saturated carbocycles. The third-order valence-electron chi connectivity index (χ3n) is 2.36. The molecule has 0 fully saturated rings. The Balaban J connectivity index is 2.96. The molecule has 1 aromatic rings. The third kappa shape index (κ3) is 3.92. The molecule has 0 amide bonds. The van der Waals surface area contributed by atoms with Gasteiger partial charge in [0.05, 0.1) is 10.2 Å². The number of halogens is 1. The smallest absolute Gasteiger partial charge is 0.159 e. The van der Waals surface area contributed by atoms with Gasteiger partial charge in [0.25, 0.3) is 0 Å². The molecule has 17 heavy (non-hydrogen) atoms. The molecule has 0 radical (unpaired) electrons. The summed E-state index contributed by atoms with van der Waals surface area (Å²) in [6.07, 6.45) is 0.986. The van der Waals surface area contributed by atoms with Crippen molar-refractivity contribution in [1.82, 2.24) is 9.97 Å². The first-order chi connectivity index (χ1) is 8.10. The first kappa shape index (κ1) is 14.4. The summed E-state index contributed by atoms with van der Waals surface area (Å²) in [7, 11) is 0. The van der Waals surface area contributed by atoms with Gasteiger partial charge in [-0.1, -0.05) is 6.92 Å². The summed E-state index contributed by atoms with van der Waals surface area (Å²) < 4.78 is 6.44. The summed E-state index contributed by atoms with van der Waals surface area (Å²) in [5.74, 6) is 1.58. The van der Waals surface area contributed by atoms with Crippen LogP contribution in [-0.2, 0) is 4.74 Å². The Morgan fingerprint density at radius 1 is 1.35 bits per heavy atom. The van der Waals surface area contributed by atoms with Crippen molar-refractivity contribution in [1.29, 1.82) is 0 Å². The zero-order valence-electron chi connectivity index (χ0n) is 10.9. The predicted octanol–water partition coefficient (Wildman–Crippen LogP) is 3.47. The Labute approximate surface area is 111 Å². The van der Waals surface area contributed by atoms with Crippen molar-refractivity contribution in [3.8, 4) is 0 Å². The number of hydrogen-bond acceptors (Lipinski definition) is 4. The van der Waals surface area contributed by atoms with Gasteiger partial charge in [0.15, 0.2) is 5.82 Å². The van der Waals surface area contributed by atoms with Crippen LogP contribution in [-0.4, -0.2) is 23.1 Å². The highest BCUT2D eigenvalue weighted by Gasteiger charge is 2.14. The van der Waals surface area contributed by atoms with Gasteiger partial charge < -0.3 is 10.1 Å². The van der Waals surface area contributed by atoms with Crippen molar-refractivity contribution in [3.05, 3.63) is 16.0 Å². The minimum absolute atomic E-state index is 0.0750. The van der Waals surface area contributed by atoms with E-state index in [0.717, 1.165) is 34.8 Å². The maximum absolute atomic E-state index is 5.51. The van der Waals surface area contributed by atoms with E-state index in [2.05, 4.69) is 38.1 Å². The SMILES string of the molecule is CCCNc1nc(C(C)OCC)nc(C)c1Br. The summed E-state index contributed by atoms with van der Waals surface area (Å²) in [5, 5.41) is 3.29. The van der Waals surface area contributed by atoms with Crippen molar-refractivity contribution in [3.63, 3.8) is 0 Å². The molecule has 0 aliphatic carbocycles. The lowest BCUT2D eigenvalue weighted by atomic mass is 10.3.